The van der Waals surface area contributed by atoms with Gasteiger partial charge in [0.1, 0.15) is 5.82 Å². The average Bonchev–Trinajstić information content (AvgIpc) is 2.38. The lowest BCUT2D eigenvalue weighted by atomic mass is 10.1. The van der Waals surface area contributed by atoms with Crippen molar-refractivity contribution >= 4 is 23.0 Å². The highest BCUT2D eigenvalue weighted by Gasteiger charge is 2.10. The first-order valence-electron chi connectivity index (χ1n) is 5.96. The third kappa shape index (κ3) is 3.06. The molecule has 2 nitrogen and oxygen atoms in total. The van der Waals surface area contributed by atoms with Crippen LogP contribution in [0.4, 0.5) is 15.8 Å². The van der Waals surface area contributed by atoms with Crippen molar-refractivity contribution in [3.63, 3.8) is 0 Å². The summed E-state index contributed by atoms with van der Waals surface area (Å²) in [5, 5.41) is 10.1. The van der Waals surface area contributed by atoms with Crippen molar-refractivity contribution in [1.29, 1.82) is 0 Å². The van der Waals surface area contributed by atoms with Gasteiger partial charge in [-0.05, 0) is 48.9 Å². The van der Waals surface area contributed by atoms with Crippen molar-refractivity contribution < 1.29 is 9.50 Å². The fourth-order valence-electron chi connectivity index (χ4n) is 1.86. The molecule has 0 bridgehead atoms. The van der Waals surface area contributed by atoms with E-state index in [1.54, 1.807) is 25.1 Å². The van der Waals surface area contributed by atoms with E-state index in [1.807, 2.05) is 24.1 Å². The number of hydrogen-bond donors (Lipinski definition) is 1. The van der Waals surface area contributed by atoms with Gasteiger partial charge in [-0.25, -0.2) is 4.39 Å². The van der Waals surface area contributed by atoms with Gasteiger partial charge < -0.3 is 10.0 Å². The van der Waals surface area contributed by atoms with Crippen molar-refractivity contribution in [3.8, 4) is 0 Å². The Morgan fingerprint density at radius 2 is 1.79 bits per heavy atom. The molecule has 0 aromatic heterocycles. The molecule has 100 valence electrons. The van der Waals surface area contributed by atoms with Crippen LogP contribution in [0.1, 0.15) is 18.6 Å². The second-order valence-electron chi connectivity index (χ2n) is 4.42. The number of benzene rings is 2. The largest absolute Gasteiger partial charge is 0.389 e. The molecule has 0 spiro atoms. The Bertz CT molecular complexity index is 569. The monoisotopic (exact) mass is 279 g/mol. The van der Waals surface area contributed by atoms with Crippen LogP contribution < -0.4 is 4.90 Å². The van der Waals surface area contributed by atoms with Crippen LogP contribution in [0, 0.1) is 5.82 Å². The molecule has 1 atom stereocenters. The first-order chi connectivity index (χ1) is 8.99. The summed E-state index contributed by atoms with van der Waals surface area (Å²) in [6.45, 7) is 1.69. The second kappa shape index (κ2) is 5.59. The van der Waals surface area contributed by atoms with Gasteiger partial charge in [0.25, 0.3) is 0 Å². The summed E-state index contributed by atoms with van der Waals surface area (Å²) in [5.74, 6) is -0.271. The predicted octanol–water partition coefficient (Wildman–Crippen LogP) is 4.30. The van der Waals surface area contributed by atoms with Crippen LogP contribution in [-0.2, 0) is 0 Å². The topological polar surface area (TPSA) is 23.5 Å². The van der Waals surface area contributed by atoms with Crippen LogP contribution in [0.15, 0.2) is 42.5 Å². The highest BCUT2D eigenvalue weighted by molar-refractivity contribution is 6.33. The van der Waals surface area contributed by atoms with Gasteiger partial charge in [0.05, 0.1) is 16.8 Å². The van der Waals surface area contributed by atoms with E-state index < -0.39 is 6.10 Å². The molecule has 0 saturated carbocycles. The van der Waals surface area contributed by atoms with Crippen molar-refractivity contribution in [2.75, 3.05) is 11.9 Å². The molecule has 0 aliphatic rings. The molecule has 0 unspecified atom stereocenters. The maximum absolute atomic E-state index is 12.9. The summed E-state index contributed by atoms with van der Waals surface area (Å²) in [7, 11) is 1.86. The average molecular weight is 280 g/mol. The fourth-order valence-corrected chi connectivity index (χ4v) is 2.17. The molecular weight excluding hydrogens is 265 g/mol. The zero-order valence-corrected chi connectivity index (χ0v) is 11.5. The molecule has 0 saturated heterocycles. The zero-order valence-electron chi connectivity index (χ0n) is 10.8. The van der Waals surface area contributed by atoms with E-state index in [1.165, 1.54) is 12.1 Å². The zero-order chi connectivity index (χ0) is 14.0. The summed E-state index contributed by atoms with van der Waals surface area (Å²) in [4.78, 5) is 1.87. The van der Waals surface area contributed by atoms with Crippen LogP contribution in [0.25, 0.3) is 0 Å². The maximum atomic E-state index is 12.9. The molecule has 19 heavy (non-hydrogen) atoms. The molecular formula is C15H15ClFNO. The lowest BCUT2D eigenvalue weighted by molar-refractivity contribution is 0.199. The Morgan fingerprint density at radius 3 is 2.32 bits per heavy atom. The first kappa shape index (κ1) is 13.8. The summed E-state index contributed by atoms with van der Waals surface area (Å²) >= 11 is 6.22. The van der Waals surface area contributed by atoms with E-state index in [9.17, 15) is 9.50 Å². The number of nitrogens with zero attached hydrogens (tertiary/aromatic N) is 1. The Balaban J connectivity index is 2.33. The van der Waals surface area contributed by atoms with Gasteiger partial charge in [-0.2, -0.15) is 0 Å². The highest BCUT2D eigenvalue weighted by Crippen LogP contribution is 2.32. The highest BCUT2D eigenvalue weighted by atomic mass is 35.5. The van der Waals surface area contributed by atoms with E-state index in [2.05, 4.69) is 0 Å². The lowest BCUT2D eigenvalue weighted by Gasteiger charge is -2.21. The molecule has 0 aliphatic heterocycles. The molecule has 4 heteroatoms. The summed E-state index contributed by atoms with van der Waals surface area (Å²) < 4.78 is 12.9. The van der Waals surface area contributed by atoms with Crippen molar-refractivity contribution in [3.05, 3.63) is 58.9 Å². The molecule has 1 N–H and O–H groups in total. The van der Waals surface area contributed by atoms with Crippen LogP contribution in [0.3, 0.4) is 0 Å². The van der Waals surface area contributed by atoms with Gasteiger partial charge in [0, 0.05) is 12.7 Å². The van der Waals surface area contributed by atoms with Gasteiger partial charge in [-0.3, -0.25) is 0 Å². The molecule has 2 rings (SSSR count). The summed E-state index contributed by atoms with van der Waals surface area (Å²) in [6, 6.07) is 11.6. The van der Waals surface area contributed by atoms with Crippen LogP contribution in [0.2, 0.25) is 5.02 Å². The van der Waals surface area contributed by atoms with Crippen LogP contribution >= 0.6 is 11.6 Å². The van der Waals surface area contributed by atoms with Gasteiger partial charge in [0.2, 0.25) is 0 Å². The van der Waals surface area contributed by atoms with Gasteiger partial charge in [-0.15, -0.1) is 0 Å². The molecule has 0 amide bonds. The summed E-state index contributed by atoms with van der Waals surface area (Å²) in [5.41, 5.74) is 2.41. The van der Waals surface area contributed by atoms with E-state index in [4.69, 9.17) is 11.6 Å². The third-order valence-electron chi connectivity index (χ3n) is 3.03. The molecule has 2 aromatic rings. The second-order valence-corrected chi connectivity index (χ2v) is 4.83. The molecule has 0 heterocycles. The third-order valence-corrected chi connectivity index (χ3v) is 3.33. The van der Waals surface area contributed by atoms with Crippen LogP contribution in [-0.4, -0.2) is 12.2 Å². The summed E-state index contributed by atoms with van der Waals surface area (Å²) in [6.07, 6.45) is -0.553. The van der Waals surface area contributed by atoms with Crippen molar-refractivity contribution in [2.24, 2.45) is 0 Å². The van der Waals surface area contributed by atoms with Gasteiger partial charge >= 0.3 is 0 Å². The van der Waals surface area contributed by atoms with E-state index in [0.29, 0.717) is 5.02 Å². The Kier molecular flexibility index (Phi) is 4.08. The molecule has 0 aliphatic carbocycles. The fraction of sp³-hybridized carbons (Fsp3) is 0.200. The Morgan fingerprint density at radius 1 is 1.16 bits per heavy atom. The first-order valence-corrected chi connectivity index (χ1v) is 6.33. The smallest absolute Gasteiger partial charge is 0.123 e. The number of aliphatic hydroxyl groups is 1. The molecule has 0 radical (unpaired) electrons. The van der Waals surface area contributed by atoms with Crippen molar-refractivity contribution in [2.45, 2.75) is 13.0 Å². The molecule has 0 fully saturated rings. The predicted molar refractivity (Wildman–Crippen MR) is 76.5 cm³/mol. The van der Waals surface area contributed by atoms with E-state index in [0.717, 1.165) is 16.9 Å². The Hall–Kier alpha value is -1.58. The quantitative estimate of drug-likeness (QED) is 0.905. The number of rotatable bonds is 3. The minimum absolute atomic E-state index is 0.271. The number of hydrogen-bond acceptors (Lipinski definition) is 2. The number of halogens is 2. The standard InChI is InChI=1S/C15H15ClFNO/c1-10(19)11-3-8-15(14(16)9-11)18(2)13-6-4-12(17)5-7-13/h3-10,19H,1-2H3/t10-/m0/s1. The van der Waals surface area contributed by atoms with E-state index >= 15 is 0 Å². The maximum Gasteiger partial charge on any atom is 0.123 e. The normalized spacial score (nSPS) is 12.3. The Labute approximate surface area is 117 Å². The van der Waals surface area contributed by atoms with Gasteiger partial charge in [-0.1, -0.05) is 17.7 Å². The number of aliphatic hydroxyl groups excluding tert-OH is 1. The lowest BCUT2D eigenvalue weighted by Crippen LogP contribution is -2.10. The number of anilines is 2. The van der Waals surface area contributed by atoms with Gasteiger partial charge in [0.15, 0.2) is 0 Å². The van der Waals surface area contributed by atoms with Crippen molar-refractivity contribution in [1.82, 2.24) is 0 Å². The minimum Gasteiger partial charge on any atom is -0.389 e. The van der Waals surface area contributed by atoms with E-state index in [-0.39, 0.29) is 5.82 Å². The van der Waals surface area contributed by atoms with Crippen LogP contribution in [0.5, 0.6) is 0 Å². The minimum atomic E-state index is -0.553. The molecule has 2 aromatic carbocycles. The SMILES string of the molecule is C[C@H](O)c1ccc(N(C)c2ccc(F)cc2)c(Cl)c1.